The average Bonchev–Trinajstić information content (AvgIpc) is 3.59. The average molecular weight is 744 g/mol. The maximum atomic E-state index is 15.1. The molecule has 2 heterocycles. The number of ketones is 1. The van der Waals surface area contributed by atoms with Crippen molar-refractivity contribution in [3.63, 3.8) is 0 Å². The number of aliphatic hydroxyl groups excluding tert-OH is 1. The highest BCUT2D eigenvalue weighted by Gasteiger charge is 2.49. The molecule has 3 aromatic rings. The number of Topliss-reactive ketones (excluding diaryl/α,β-unsaturated/α-hetero) is 1. The van der Waals surface area contributed by atoms with Crippen molar-refractivity contribution in [2.24, 2.45) is 33.6 Å². The number of anilines is 1. The lowest BCUT2D eigenvalue weighted by Gasteiger charge is -2.50. The molecule has 0 spiro atoms. The van der Waals surface area contributed by atoms with Gasteiger partial charge < -0.3 is 20.1 Å². The van der Waals surface area contributed by atoms with E-state index in [1.807, 2.05) is 77.1 Å². The molecule has 2 atom stereocenters. The van der Waals surface area contributed by atoms with Crippen molar-refractivity contribution in [2.45, 2.75) is 108 Å². The molecule has 2 unspecified atom stereocenters. The fraction of sp³-hybridized carbons (Fsp3) is 0.447. The summed E-state index contributed by atoms with van der Waals surface area (Å²) in [7, 11) is 0. The van der Waals surface area contributed by atoms with Crippen molar-refractivity contribution in [3.05, 3.63) is 105 Å². The van der Waals surface area contributed by atoms with E-state index in [1.54, 1.807) is 6.07 Å². The van der Waals surface area contributed by atoms with Gasteiger partial charge in [-0.25, -0.2) is 4.79 Å². The molecule has 2 aliphatic carbocycles. The number of allylic oxidation sites excluding steroid dienone is 4. The van der Waals surface area contributed by atoms with Gasteiger partial charge in [-0.1, -0.05) is 103 Å². The predicted octanol–water partition coefficient (Wildman–Crippen LogP) is 11.1. The first-order chi connectivity index (χ1) is 25.7. The minimum atomic E-state index is -0.604. The molecule has 1 amide bonds. The smallest absolute Gasteiger partial charge is 0.342 e. The van der Waals surface area contributed by atoms with Gasteiger partial charge in [0.1, 0.15) is 23.2 Å². The van der Waals surface area contributed by atoms with E-state index >= 15 is 4.79 Å². The summed E-state index contributed by atoms with van der Waals surface area (Å²) in [4.78, 5) is 51.4. The van der Waals surface area contributed by atoms with Gasteiger partial charge in [0.15, 0.2) is 0 Å². The quantitative estimate of drug-likeness (QED) is 0.164. The summed E-state index contributed by atoms with van der Waals surface area (Å²) in [6.07, 6.45) is 2.17. The van der Waals surface area contributed by atoms with Crippen LogP contribution >= 0.6 is 0 Å². The van der Waals surface area contributed by atoms with Gasteiger partial charge in [-0.3, -0.25) is 14.6 Å². The molecular formula is C47H57N3O5. The second kappa shape index (κ2) is 14.6. The largest absolute Gasteiger partial charge is 0.506 e. The number of amides is 1. The summed E-state index contributed by atoms with van der Waals surface area (Å²) in [6.45, 7) is 25.2. The molecule has 1 fully saturated rings. The van der Waals surface area contributed by atoms with Crippen LogP contribution in [0.4, 0.5) is 5.82 Å². The van der Waals surface area contributed by atoms with Gasteiger partial charge in [0.05, 0.1) is 22.5 Å². The normalized spacial score (nSPS) is 23.2. The molecule has 3 N–H and O–H groups in total. The summed E-state index contributed by atoms with van der Waals surface area (Å²) in [5, 5.41) is 14.8. The van der Waals surface area contributed by atoms with E-state index in [4.69, 9.17) is 4.74 Å². The van der Waals surface area contributed by atoms with Crippen molar-refractivity contribution in [1.29, 1.82) is 0 Å². The first kappa shape index (κ1) is 39.7. The highest BCUT2D eigenvalue weighted by Crippen LogP contribution is 2.51. The van der Waals surface area contributed by atoms with E-state index in [1.165, 1.54) is 0 Å². The minimum Gasteiger partial charge on any atom is -0.506 e. The van der Waals surface area contributed by atoms with E-state index in [0.717, 1.165) is 47.2 Å². The van der Waals surface area contributed by atoms with E-state index < -0.39 is 23.8 Å². The van der Waals surface area contributed by atoms with Crippen molar-refractivity contribution >= 4 is 34.8 Å². The van der Waals surface area contributed by atoms with Gasteiger partial charge in [-0.2, -0.15) is 0 Å². The van der Waals surface area contributed by atoms with Gasteiger partial charge in [-0.05, 0) is 92.0 Å². The van der Waals surface area contributed by atoms with Crippen LogP contribution in [0.1, 0.15) is 126 Å². The molecule has 0 bridgehead atoms. The molecule has 1 aliphatic heterocycles. The minimum absolute atomic E-state index is 0.0275. The third-order valence-corrected chi connectivity index (χ3v) is 12.0. The fourth-order valence-corrected chi connectivity index (χ4v) is 9.03. The lowest BCUT2D eigenvalue weighted by molar-refractivity contribution is -0.111. The number of carbonyl (C=O) groups excluding carboxylic acids is 3. The Morgan fingerprint density at radius 2 is 1.55 bits per heavy atom. The van der Waals surface area contributed by atoms with Crippen molar-refractivity contribution in [3.8, 4) is 11.1 Å². The molecule has 290 valence electrons. The Morgan fingerprint density at radius 1 is 0.927 bits per heavy atom. The van der Waals surface area contributed by atoms with Crippen LogP contribution in [0.5, 0.6) is 0 Å². The van der Waals surface area contributed by atoms with Gasteiger partial charge in [-0.15, -0.1) is 0 Å². The zero-order valence-corrected chi connectivity index (χ0v) is 34.6. The monoisotopic (exact) mass is 743 g/mol. The molecule has 55 heavy (non-hydrogen) atoms. The van der Waals surface area contributed by atoms with Crippen molar-refractivity contribution < 1.29 is 24.2 Å². The Bertz CT molecular complexity index is 2180. The Balaban J connectivity index is 1.57. The second-order valence-corrected chi connectivity index (χ2v) is 18.1. The van der Waals surface area contributed by atoms with Crippen LogP contribution in [0.15, 0.2) is 81.7 Å². The van der Waals surface area contributed by atoms with Crippen LogP contribution in [0.25, 0.3) is 16.7 Å². The molecular weight excluding hydrogens is 687 g/mol. The molecule has 8 heteroatoms. The fourth-order valence-electron chi connectivity index (χ4n) is 9.03. The third kappa shape index (κ3) is 7.28. The summed E-state index contributed by atoms with van der Waals surface area (Å²) >= 11 is 0. The SMILES string of the molecule is CCC1=C(C)/C(=C2/C(=O)C(c3[nH]c(NC(=O)c4ccc(C)cc4C)c(C(=O)OC4C(C(C)(C)C)CC(C)CC4C(C)(C)C)c3-c3ccccc3)=C2O)N=C1C. The molecule has 0 saturated heterocycles. The maximum absolute atomic E-state index is 15.1. The van der Waals surface area contributed by atoms with E-state index in [9.17, 15) is 14.7 Å². The van der Waals surface area contributed by atoms with Gasteiger partial charge in [0.2, 0.25) is 5.78 Å². The van der Waals surface area contributed by atoms with Crippen LogP contribution in [-0.2, 0) is 9.53 Å². The van der Waals surface area contributed by atoms with Gasteiger partial charge in [0.25, 0.3) is 5.91 Å². The van der Waals surface area contributed by atoms with Crippen LogP contribution in [0, 0.1) is 42.4 Å². The number of esters is 1. The molecule has 6 rings (SSSR count). The zero-order valence-electron chi connectivity index (χ0n) is 34.6. The van der Waals surface area contributed by atoms with E-state index in [2.05, 4.69) is 63.8 Å². The number of carbonyl (C=O) groups is 3. The number of ether oxygens (including phenoxy) is 1. The Hall–Kier alpha value is -4.98. The summed E-state index contributed by atoms with van der Waals surface area (Å²) in [6, 6.07) is 14.8. The number of hydrogen-bond donors (Lipinski definition) is 3. The van der Waals surface area contributed by atoms with E-state index in [0.29, 0.717) is 28.3 Å². The zero-order chi connectivity index (χ0) is 40.3. The number of rotatable bonds is 7. The molecule has 1 saturated carbocycles. The topological polar surface area (TPSA) is 121 Å². The number of aryl methyl sites for hydroxylation is 2. The number of aliphatic hydroxyl groups is 1. The number of aliphatic imine (C=N–C) groups is 1. The molecule has 3 aliphatic rings. The summed E-state index contributed by atoms with van der Waals surface area (Å²) < 4.78 is 6.78. The number of H-pyrrole nitrogens is 1. The highest BCUT2D eigenvalue weighted by atomic mass is 16.5. The highest BCUT2D eigenvalue weighted by molar-refractivity contribution is 6.40. The first-order valence-electron chi connectivity index (χ1n) is 19.6. The van der Waals surface area contributed by atoms with E-state index in [-0.39, 0.29) is 56.6 Å². The summed E-state index contributed by atoms with van der Waals surface area (Å²) in [5.74, 6) is -0.925. The molecule has 2 aromatic carbocycles. The lowest BCUT2D eigenvalue weighted by Crippen LogP contribution is -2.49. The molecule has 1 aromatic heterocycles. The third-order valence-electron chi connectivity index (χ3n) is 12.0. The summed E-state index contributed by atoms with van der Waals surface area (Å²) in [5.41, 5.74) is 6.62. The van der Waals surface area contributed by atoms with Gasteiger partial charge >= 0.3 is 5.97 Å². The lowest BCUT2D eigenvalue weighted by atomic mass is 9.59. The van der Waals surface area contributed by atoms with Crippen LogP contribution in [0.2, 0.25) is 0 Å². The Kier molecular flexibility index (Phi) is 10.5. The van der Waals surface area contributed by atoms with Crippen molar-refractivity contribution in [1.82, 2.24) is 4.98 Å². The second-order valence-electron chi connectivity index (χ2n) is 18.1. The predicted molar refractivity (Wildman–Crippen MR) is 221 cm³/mol. The number of aromatic amines is 1. The number of nitrogens with zero attached hydrogens (tertiary/aromatic N) is 1. The Labute approximate surface area is 326 Å². The number of nitrogens with one attached hydrogen (secondary N) is 2. The Morgan fingerprint density at radius 3 is 2.07 bits per heavy atom. The number of benzene rings is 2. The number of hydrogen-bond acceptors (Lipinski definition) is 6. The van der Waals surface area contributed by atoms with Crippen LogP contribution in [-0.4, -0.2) is 39.6 Å². The molecule has 8 nitrogen and oxygen atoms in total. The van der Waals surface area contributed by atoms with Crippen molar-refractivity contribution in [2.75, 3.05) is 5.32 Å². The van der Waals surface area contributed by atoms with Crippen LogP contribution in [0.3, 0.4) is 0 Å². The molecule has 0 radical (unpaired) electrons. The first-order valence-corrected chi connectivity index (χ1v) is 19.6. The van der Waals surface area contributed by atoms with Crippen LogP contribution < -0.4 is 5.32 Å². The standard InChI is InChI=1S/C47H57N3O5/c1-13-30-27(5)38(48-28(30)6)36-40(51)37(41(36)52)39-34(29-17-15-14-16-18-29)35(43(49-39)50-44(53)31-20-19-24(2)21-26(31)4)45(54)55-42-32(46(7,8)9)22-25(3)23-33(42)47(10,11)12/h14-21,25,32-33,42,49,51H,13,22-23H2,1-12H3,(H,50,53)/b38-36-. The van der Waals surface area contributed by atoms with Gasteiger partial charge in [0, 0.05) is 28.7 Å². The maximum Gasteiger partial charge on any atom is 0.342 e. The number of aromatic nitrogens is 1.